The maximum Gasteiger partial charge on any atom is 0.304 e. The van der Waals surface area contributed by atoms with Gasteiger partial charge in [0.2, 0.25) is 0 Å². The minimum Gasteiger partial charge on any atom is -0.496 e. The summed E-state index contributed by atoms with van der Waals surface area (Å²) in [6.07, 6.45) is -0.206. The predicted octanol–water partition coefficient (Wildman–Crippen LogP) is 3.00. The van der Waals surface area contributed by atoms with Gasteiger partial charge in [-0.25, -0.2) is 0 Å². The normalized spacial score (nSPS) is 11.2. The third kappa shape index (κ3) is 3.34. The first-order valence-corrected chi connectivity index (χ1v) is 6.11. The molecule has 0 aromatic heterocycles. The Morgan fingerprint density at radius 3 is 2.21 bits per heavy atom. The molecule has 0 bridgehead atoms. The van der Waals surface area contributed by atoms with E-state index in [2.05, 4.69) is 0 Å². The summed E-state index contributed by atoms with van der Waals surface area (Å²) in [6, 6.07) is 3.57. The van der Waals surface area contributed by atoms with Crippen molar-refractivity contribution in [3.63, 3.8) is 0 Å². The first-order valence-electron chi connectivity index (χ1n) is 6.11. The van der Waals surface area contributed by atoms with E-state index in [9.17, 15) is 9.59 Å². The molecule has 0 aliphatic rings. The van der Waals surface area contributed by atoms with Gasteiger partial charge in [-0.1, -0.05) is 13.8 Å². The third-order valence-electron chi connectivity index (χ3n) is 3.27. The number of carbonyl (C=O) groups excluding carboxylic acids is 1. The first-order chi connectivity index (χ1) is 8.69. The van der Waals surface area contributed by atoms with Crippen molar-refractivity contribution >= 4 is 11.8 Å². The van der Waals surface area contributed by atoms with Gasteiger partial charge in [-0.15, -0.1) is 0 Å². The summed E-state index contributed by atoms with van der Waals surface area (Å²) >= 11 is 0. The minimum absolute atomic E-state index is 0.206. The second-order valence-electron chi connectivity index (χ2n) is 5.42. The largest absolute Gasteiger partial charge is 0.496 e. The lowest BCUT2D eigenvalue weighted by molar-refractivity contribution is -0.138. The van der Waals surface area contributed by atoms with E-state index in [4.69, 9.17) is 9.84 Å². The summed E-state index contributed by atoms with van der Waals surface area (Å²) in [6.45, 7) is 7.13. The molecule has 0 aliphatic carbocycles. The highest BCUT2D eigenvalue weighted by Crippen LogP contribution is 2.32. The van der Waals surface area contributed by atoms with E-state index in [0.717, 1.165) is 11.1 Å². The van der Waals surface area contributed by atoms with Crippen molar-refractivity contribution in [3.8, 4) is 5.75 Å². The Hall–Kier alpha value is -1.84. The minimum atomic E-state index is -0.985. The van der Waals surface area contributed by atoms with Crippen LogP contribution in [0.15, 0.2) is 12.1 Å². The number of ketones is 1. The standard InChI is InChI=1S/C15H20O4/c1-9-6-11(12(19-5)7-10(9)2)14(18)15(3,4)8-13(16)17/h6-7H,8H2,1-5H3,(H,16,17). The lowest BCUT2D eigenvalue weighted by Gasteiger charge is -2.22. The number of Topliss-reactive ketones (excluding diaryl/α,β-unsaturated/α-hetero) is 1. The molecule has 1 N–H and O–H groups in total. The van der Waals surface area contributed by atoms with Gasteiger partial charge in [-0.2, -0.15) is 0 Å². The highest BCUT2D eigenvalue weighted by Gasteiger charge is 2.33. The number of benzene rings is 1. The summed E-state index contributed by atoms with van der Waals surface area (Å²) in [5.41, 5.74) is 1.50. The van der Waals surface area contributed by atoms with Crippen LogP contribution in [0.3, 0.4) is 0 Å². The van der Waals surface area contributed by atoms with Gasteiger partial charge >= 0.3 is 5.97 Å². The highest BCUT2D eigenvalue weighted by atomic mass is 16.5. The quantitative estimate of drug-likeness (QED) is 0.830. The Kier molecular flexibility index (Phi) is 4.35. The van der Waals surface area contributed by atoms with Crippen LogP contribution in [-0.4, -0.2) is 24.0 Å². The molecule has 0 fully saturated rings. The molecule has 1 rings (SSSR count). The van der Waals surface area contributed by atoms with Crippen molar-refractivity contribution in [1.82, 2.24) is 0 Å². The second-order valence-corrected chi connectivity index (χ2v) is 5.42. The number of carboxylic acid groups (broad SMARTS) is 1. The molecule has 0 heterocycles. The molecule has 0 saturated heterocycles. The van der Waals surface area contributed by atoms with E-state index in [1.54, 1.807) is 26.0 Å². The van der Waals surface area contributed by atoms with Crippen LogP contribution in [0.5, 0.6) is 5.75 Å². The van der Waals surface area contributed by atoms with E-state index in [1.807, 2.05) is 13.8 Å². The van der Waals surface area contributed by atoms with Crippen LogP contribution in [0.1, 0.15) is 41.8 Å². The van der Waals surface area contributed by atoms with Gasteiger partial charge in [0, 0.05) is 5.41 Å². The van der Waals surface area contributed by atoms with Crippen molar-refractivity contribution in [2.24, 2.45) is 5.41 Å². The molecule has 0 radical (unpaired) electrons. The van der Waals surface area contributed by atoms with Crippen LogP contribution < -0.4 is 4.74 Å². The van der Waals surface area contributed by atoms with Gasteiger partial charge < -0.3 is 9.84 Å². The summed E-state index contributed by atoms with van der Waals surface area (Å²) in [4.78, 5) is 23.3. The fraction of sp³-hybridized carbons (Fsp3) is 0.467. The van der Waals surface area contributed by atoms with Gasteiger partial charge in [0.05, 0.1) is 19.1 Å². The summed E-state index contributed by atoms with van der Waals surface area (Å²) in [7, 11) is 1.51. The second kappa shape index (κ2) is 5.43. The number of methoxy groups -OCH3 is 1. The molecule has 0 aliphatic heterocycles. The van der Waals surface area contributed by atoms with Crippen molar-refractivity contribution in [2.45, 2.75) is 34.1 Å². The SMILES string of the molecule is COc1cc(C)c(C)cc1C(=O)C(C)(C)CC(=O)O. The van der Waals surface area contributed by atoms with Crippen molar-refractivity contribution in [2.75, 3.05) is 7.11 Å². The number of hydrogen-bond donors (Lipinski definition) is 1. The number of carboxylic acids is 1. The zero-order valence-electron chi connectivity index (χ0n) is 12.0. The first kappa shape index (κ1) is 15.2. The molecular weight excluding hydrogens is 244 g/mol. The summed E-state index contributed by atoms with van der Waals surface area (Å²) in [5, 5.41) is 8.89. The number of carbonyl (C=O) groups is 2. The fourth-order valence-corrected chi connectivity index (χ4v) is 1.96. The monoisotopic (exact) mass is 264 g/mol. The molecule has 1 aromatic carbocycles. The van der Waals surface area contributed by atoms with Gasteiger partial charge in [-0.3, -0.25) is 9.59 Å². The van der Waals surface area contributed by atoms with Crippen molar-refractivity contribution < 1.29 is 19.4 Å². The molecular formula is C15H20O4. The number of ether oxygens (including phenoxy) is 1. The van der Waals surface area contributed by atoms with E-state index in [-0.39, 0.29) is 12.2 Å². The molecule has 19 heavy (non-hydrogen) atoms. The molecule has 104 valence electrons. The Morgan fingerprint density at radius 2 is 1.74 bits per heavy atom. The Bertz CT molecular complexity index is 515. The maximum atomic E-state index is 12.5. The van der Waals surface area contributed by atoms with E-state index in [0.29, 0.717) is 11.3 Å². The zero-order chi connectivity index (χ0) is 14.8. The Labute approximate surface area is 113 Å². The van der Waals surface area contributed by atoms with Crippen LogP contribution in [0, 0.1) is 19.3 Å². The highest BCUT2D eigenvalue weighted by molar-refractivity contribution is 6.04. The van der Waals surface area contributed by atoms with Gasteiger partial charge in [0.25, 0.3) is 0 Å². The Morgan fingerprint density at radius 1 is 1.21 bits per heavy atom. The molecule has 0 amide bonds. The van der Waals surface area contributed by atoms with E-state index in [1.165, 1.54) is 7.11 Å². The van der Waals surface area contributed by atoms with Crippen LogP contribution in [0.25, 0.3) is 0 Å². The summed E-state index contributed by atoms with van der Waals surface area (Å²) < 4.78 is 5.23. The van der Waals surface area contributed by atoms with E-state index >= 15 is 0 Å². The topological polar surface area (TPSA) is 63.6 Å². The molecule has 4 heteroatoms. The van der Waals surface area contributed by atoms with Gasteiger partial charge in [0.1, 0.15) is 5.75 Å². The lowest BCUT2D eigenvalue weighted by Crippen LogP contribution is -2.28. The van der Waals surface area contributed by atoms with Crippen molar-refractivity contribution in [3.05, 3.63) is 28.8 Å². The molecule has 1 aromatic rings. The van der Waals surface area contributed by atoms with Gasteiger partial charge in [-0.05, 0) is 37.1 Å². The maximum absolute atomic E-state index is 12.5. The fourth-order valence-electron chi connectivity index (χ4n) is 1.96. The molecule has 0 atom stereocenters. The van der Waals surface area contributed by atoms with Crippen molar-refractivity contribution in [1.29, 1.82) is 0 Å². The zero-order valence-corrected chi connectivity index (χ0v) is 12.0. The molecule has 0 saturated carbocycles. The number of aliphatic carboxylic acids is 1. The lowest BCUT2D eigenvalue weighted by atomic mass is 9.80. The van der Waals surface area contributed by atoms with Crippen LogP contribution in [-0.2, 0) is 4.79 Å². The predicted molar refractivity (Wildman–Crippen MR) is 72.8 cm³/mol. The number of rotatable bonds is 5. The van der Waals surface area contributed by atoms with Crippen LogP contribution in [0.2, 0.25) is 0 Å². The average molecular weight is 264 g/mol. The summed E-state index contributed by atoms with van der Waals surface area (Å²) in [5.74, 6) is -0.706. The van der Waals surface area contributed by atoms with Gasteiger partial charge in [0.15, 0.2) is 5.78 Å². The third-order valence-corrected chi connectivity index (χ3v) is 3.27. The Balaban J connectivity index is 3.26. The number of hydrogen-bond acceptors (Lipinski definition) is 3. The smallest absolute Gasteiger partial charge is 0.304 e. The van der Waals surface area contributed by atoms with Crippen LogP contribution in [0.4, 0.5) is 0 Å². The number of aryl methyl sites for hydroxylation is 2. The van der Waals surface area contributed by atoms with Crippen LogP contribution >= 0.6 is 0 Å². The molecule has 4 nitrogen and oxygen atoms in total. The average Bonchev–Trinajstić information content (AvgIpc) is 2.29. The van der Waals surface area contributed by atoms with E-state index < -0.39 is 11.4 Å². The molecule has 0 spiro atoms. The molecule has 0 unspecified atom stereocenters.